The average molecular weight is 265 g/mol. The predicted octanol–water partition coefficient (Wildman–Crippen LogP) is 2.51. The van der Waals surface area contributed by atoms with E-state index in [-0.39, 0.29) is 12.4 Å². The molecule has 2 aliphatic rings. The maximum Gasteiger partial charge on any atom is 0.376 e. The zero-order valence-electron chi connectivity index (χ0n) is 11.3. The Bertz CT molecular complexity index is 470. The lowest BCUT2D eigenvalue weighted by Crippen LogP contribution is -2.04. The van der Waals surface area contributed by atoms with Crippen molar-refractivity contribution < 1.29 is 18.7 Å². The Morgan fingerprint density at radius 2 is 2.00 bits per heavy atom. The minimum absolute atomic E-state index is 0.197. The molecule has 1 aromatic rings. The van der Waals surface area contributed by atoms with Crippen LogP contribution in [0.3, 0.4) is 0 Å². The highest BCUT2D eigenvalue weighted by atomic mass is 16.5. The number of carbonyl (C=O) groups excluding carboxylic acids is 1. The maximum atomic E-state index is 11.7. The normalized spacial score (nSPS) is 28.8. The number of nitrogens with zero attached hydrogens (tertiary/aromatic N) is 1. The zero-order valence-corrected chi connectivity index (χ0v) is 11.3. The van der Waals surface area contributed by atoms with E-state index in [1.807, 2.05) is 0 Å². The number of esters is 1. The molecule has 0 aliphatic heterocycles. The fourth-order valence-corrected chi connectivity index (χ4v) is 3.36. The Morgan fingerprint density at radius 1 is 1.32 bits per heavy atom. The van der Waals surface area contributed by atoms with Crippen molar-refractivity contribution >= 4 is 5.97 Å². The number of hydrogen-bond acceptors (Lipinski definition) is 5. The number of aromatic nitrogens is 1. The third-order valence-corrected chi connectivity index (χ3v) is 4.31. The van der Waals surface area contributed by atoms with Gasteiger partial charge in [-0.1, -0.05) is 12.8 Å². The lowest BCUT2D eigenvalue weighted by Gasteiger charge is -2.04. The van der Waals surface area contributed by atoms with E-state index < -0.39 is 5.97 Å². The van der Waals surface area contributed by atoms with E-state index in [2.05, 4.69) is 4.98 Å². The van der Waals surface area contributed by atoms with Crippen molar-refractivity contribution in [3.8, 4) is 0 Å². The molecule has 2 fully saturated rings. The van der Waals surface area contributed by atoms with E-state index in [1.165, 1.54) is 32.8 Å². The molecule has 5 nitrogen and oxygen atoms in total. The molecule has 0 amide bonds. The van der Waals surface area contributed by atoms with Crippen molar-refractivity contribution in [1.82, 2.24) is 4.98 Å². The number of fused-ring (bicyclic) bond motifs is 1. The van der Waals surface area contributed by atoms with Gasteiger partial charge in [0.1, 0.15) is 5.69 Å². The van der Waals surface area contributed by atoms with Crippen LogP contribution in [-0.2, 0) is 16.1 Å². The smallest absolute Gasteiger partial charge is 0.376 e. The number of methoxy groups -OCH3 is 2. The van der Waals surface area contributed by atoms with Gasteiger partial charge in [-0.2, -0.15) is 0 Å². The first-order valence-corrected chi connectivity index (χ1v) is 6.83. The predicted molar refractivity (Wildman–Crippen MR) is 66.7 cm³/mol. The van der Waals surface area contributed by atoms with Crippen molar-refractivity contribution in [2.24, 2.45) is 11.8 Å². The Balaban J connectivity index is 1.84. The Kier molecular flexibility index (Phi) is 3.31. The number of hydrogen-bond donors (Lipinski definition) is 0. The van der Waals surface area contributed by atoms with Gasteiger partial charge in [0.25, 0.3) is 0 Å². The first-order chi connectivity index (χ1) is 9.26. The summed E-state index contributed by atoms with van der Waals surface area (Å²) in [5, 5.41) is 0. The van der Waals surface area contributed by atoms with E-state index >= 15 is 0 Å². The summed E-state index contributed by atoms with van der Waals surface area (Å²) >= 11 is 0. The Labute approximate surface area is 112 Å². The molecule has 0 bridgehead atoms. The second-order valence-electron chi connectivity index (χ2n) is 5.39. The largest absolute Gasteiger partial charge is 0.463 e. The third kappa shape index (κ3) is 2.16. The minimum Gasteiger partial charge on any atom is -0.463 e. The summed E-state index contributed by atoms with van der Waals surface area (Å²) in [6.07, 6.45) is 5.11. The number of carbonyl (C=O) groups is 1. The fourth-order valence-electron chi connectivity index (χ4n) is 3.36. The van der Waals surface area contributed by atoms with E-state index in [0.717, 1.165) is 0 Å². The molecule has 0 saturated heterocycles. The fraction of sp³-hybridized carbons (Fsp3) is 0.714. The molecule has 2 unspecified atom stereocenters. The Hall–Kier alpha value is -1.36. The molecule has 2 aliphatic carbocycles. The summed E-state index contributed by atoms with van der Waals surface area (Å²) in [7, 11) is 2.92. The van der Waals surface area contributed by atoms with Crippen LogP contribution >= 0.6 is 0 Å². The maximum absolute atomic E-state index is 11.7. The third-order valence-electron chi connectivity index (χ3n) is 4.31. The van der Waals surface area contributed by atoms with Crippen molar-refractivity contribution in [3.05, 3.63) is 17.3 Å². The standard InChI is InChI=1S/C14H19NO4/c1-17-7-10-12(14(16)18-2)19-13(15-10)11-8-5-3-4-6-9(8)11/h8-9,11H,3-7H2,1-2H3. The van der Waals surface area contributed by atoms with Crippen LogP contribution in [0.4, 0.5) is 0 Å². The molecule has 0 N–H and O–H groups in total. The second-order valence-corrected chi connectivity index (χ2v) is 5.39. The van der Waals surface area contributed by atoms with Gasteiger partial charge in [-0.15, -0.1) is 0 Å². The van der Waals surface area contributed by atoms with Gasteiger partial charge in [-0.25, -0.2) is 9.78 Å². The number of oxazole rings is 1. The molecule has 19 heavy (non-hydrogen) atoms. The highest BCUT2D eigenvalue weighted by Gasteiger charge is 2.54. The monoisotopic (exact) mass is 265 g/mol. The molecular formula is C14H19NO4. The van der Waals surface area contributed by atoms with Gasteiger partial charge in [0.15, 0.2) is 5.89 Å². The van der Waals surface area contributed by atoms with Crippen molar-refractivity contribution in [2.45, 2.75) is 38.2 Å². The molecule has 2 saturated carbocycles. The first kappa shape index (κ1) is 12.7. The van der Waals surface area contributed by atoms with Crippen molar-refractivity contribution in [1.29, 1.82) is 0 Å². The van der Waals surface area contributed by atoms with Gasteiger partial charge in [-0.05, 0) is 24.7 Å². The lowest BCUT2D eigenvalue weighted by molar-refractivity contribution is 0.0556. The molecule has 0 spiro atoms. The number of rotatable bonds is 4. The van der Waals surface area contributed by atoms with Crippen LogP contribution in [0.15, 0.2) is 4.42 Å². The van der Waals surface area contributed by atoms with Crippen molar-refractivity contribution in [3.63, 3.8) is 0 Å². The van der Waals surface area contributed by atoms with E-state index in [4.69, 9.17) is 13.9 Å². The van der Waals surface area contributed by atoms with Gasteiger partial charge in [0.05, 0.1) is 13.7 Å². The Morgan fingerprint density at radius 3 is 2.58 bits per heavy atom. The molecule has 3 rings (SSSR count). The van der Waals surface area contributed by atoms with Gasteiger partial charge < -0.3 is 13.9 Å². The molecule has 1 heterocycles. The highest BCUT2D eigenvalue weighted by molar-refractivity contribution is 5.87. The quantitative estimate of drug-likeness (QED) is 0.783. The molecular weight excluding hydrogens is 246 g/mol. The summed E-state index contributed by atoms with van der Waals surface area (Å²) in [6, 6.07) is 0. The molecule has 104 valence electrons. The summed E-state index contributed by atoms with van der Waals surface area (Å²) < 4.78 is 15.5. The minimum atomic E-state index is -0.477. The molecule has 1 aromatic heterocycles. The van der Waals surface area contributed by atoms with Crippen LogP contribution < -0.4 is 0 Å². The van der Waals surface area contributed by atoms with E-state index in [9.17, 15) is 4.79 Å². The van der Waals surface area contributed by atoms with Gasteiger partial charge in [-0.3, -0.25) is 0 Å². The zero-order chi connectivity index (χ0) is 13.4. The van der Waals surface area contributed by atoms with Crippen LogP contribution in [0.5, 0.6) is 0 Å². The van der Waals surface area contributed by atoms with Crippen LogP contribution in [0.2, 0.25) is 0 Å². The SMILES string of the molecule is COCc1nc(C2C3CCCCC32)oc1C(=O)OC. The lowest BCUT2D eigenvalue weighted by atomic mass is 10.0. The summed E-state index contributed by atoms with van der Waals surface area (Å²) in [4.78, 5) is 16.1. The first-order valence-electron chi connectivity index (χ1n) is 6.83. The molecule has 0 aromatic carbocycles. The second kappa shape index (κ2) is 4.96. The highest BCUT2D eigenvalue weighted by Crippen LogP contribution is 2.61. The van der Waals surface area contributed by atoms with E-state index in [0.29, 0.717) is 29.3 Å². The van der Waals surface area contributed by atoms with Crippen LogP contribution in [0, 0.1) is 11.8 Å². The van der Waals surface area contributed by atoms with Crippen LogP contribution in [0.25, 0.3) is 0 Å². The molecule has 0 radical (unpaired) electrons. The molecule has 5 heteroatoms. The summed E-state index contributed by atoms with van der Waals surface area (Å²) in [5.74, 6) is 2.22. The van der Waals surface area contributed by atoms with Gasteiger partial charge >= 0.3 is 5.97 Å². The van der Waals surface area contributed by atoms with Gasteiger partial charge in [0, 0.05) is 13.0 Å². The van der Waals surface area contributed by atoms with Gasteiger partial charge in [0.2, 0.25) is 5.76 Å². The summed E-state index contributed by atoms with van der Waals surface area (Å²) in [5.41, 5.74) is 0.549. The molecule has 2 atom stereocenters. The summed E-state index contributed by atoms with van der Waals surface area (Å²) in [6.45, 7) is 0.274. The number of ether oxygens (including phenoxy) is 2. The average Bonchev–Trinajstić information content (AvgIpc) is 3.03. The van der Waals surface area contributed by atoms with Crippen molar-refractivity contribution in [2.75, 3.05) is 14.2 Å². The van der Waals surface area contributed by atoms with E-state index in [1.54, 1.807) is 7.11 Å². The van der Waals surface area contributed by atoms with Crippen LogP contribution in [-0.4, -0.2) is 25.2 Å². The van der Waals surface area contributed by atoms with Crippen LogP contribution in [0.1, 0.15) is 53.7 Å². The topological polar surface area (TPSA) is 61.6 Å².